The number of methoxy groups -OCH3 is 1. The summed E-state index contributed by atoms with van der Waals surface area (Å²) in [6.07, 6.45) is -3.03. The van der Waals surface area contributed by atoms with Crippen LogP contribution < -0.4 is 21.3 Å². The third-order valence-corrected chi connectivity index (χ3v) is 19.4. The van der Waals surface area contributed by atoms with Crippen LogP contribution in [0, 0.1) is 0 Å². The number of hydrogen-bond donors (Lipinski definition) is 1. The molecule has 0 saturated carbocycles. The van der Waals surface area contributed by atoms with Crippen LogP contribution in [0.25, 0.3) is 0 Å². The zero-order valence-electron chi connectivity index (χ0n) is 36.2. The molecule has 1 amide bonds. The molecule has 1 aliphatic rings. The highest BCUT2D eigenvalue weighted by Crippen LogP contribution is 2.46. The molecular formula is C40H67N3O10Si2. The van der Waals surface area contributed by atoms with E-state index in [4.69, 9.17) is 27.8 Å². The van der Waals surface area contributed by atoms with E-state index in [0.717, 1.165) is 10.1 Å². The summed E-state index contributed by atoms with van der Waals surface area (Å²) in [4.78, 5) is 54.7. The molecule has 1 fully saturated rings. The molecule has 2 aromatic rings. The van der Waals surface area contributed by atoms with Gasteiger partial charge in [0, 0.05) is 18.7 Å². The average molecular weight is 806 g/mol. The highest BCUT2D eigenvalue weighted by atomic mass is 28.4. The minimum absolute atomic E-state index is 0.0107. The van der Waals surface area contributed by atoms with Gasteiger partial charge >= 0.3 is 17.8 Å². The van der Waals surface area contributed by atoms with Crippen molar-refractivity contribution >= 4 is 28.7 Å². The smallest absolute Gasteiger partial charge is 0.408 e. The number of esters is 1. The third kappa shape index (κ3) is 12.1. The molecule has 55 heavy (non-hydrogen) atoms. The largest absolute Gasteiger partial charge is 0.497 e. The minimum Gasteiger partial charge on any atom is -0.497 e. The Hall–Kier alpha value is -3.25. The standard InChI is InChI=1S/C40H67N3O10Si2/c1-37(2,3)50-34(45)28(41-35(46)51-38(4,5)6)24-29-31(52-54(14,15)39(7,8)9)32(53-55(16,17)40(10,11)12)33(49-29)42-23-22-30(44)43(36(42)47)25-26-18-20-27(48-13)21-19-26/h18-23,28-29,31-33H,24-25H2,1-17H3,(H,41,46)/t28-,29-,31-,32-,33-/m1/s1. The molecule has 5 atom stereocenters. The Kier molecular flexibility index (Phi) is 14.0. The fourth-order valence-corrected chi connectivity index (χ4v) is 8.08. The van der Waals surface area contributed by atoms with E-state index in [1.807, 2.05) is 0 Å². The van der Waals surface area contributed by atoms with Crippen molar-refractivity contribution < 1.29 is 37.4 Å². The van der Waals surface area contributed by atoms with E-state index in [1.54, 1.807) is 72.9 Å². The van der Waals surface area contributed by atoms with E-state index in [0.29, 0.717) is 5.75 Å². The van der Waals surface area contributed by atoms with E-state index in [9.17, 15) is 19.2 Å². The van der Waals surface area contributed by atoms with Crippen LogP contribution in [0.4, 0.5) is 4.79 Å². The highest BCUT2D eigenvalue weighted by molar-refractivity contribution is 6.74. The van der Waals surface area contributed by atoms with Gasteiger partial charge in [-0.25, -0.2) is 14.4 Å². The van der Waals surface area contributed by atoms with Crippen molar-refractivity contribution in [3.63, 3.8) is 0 Å². The summed E-state index contributed by atoms with van der Waals surface area (Å²) in [7, 11) is -3.65. The van der Waals surface area contributed by atoms with Crippen LogP contribution in [0.2, 0.25) is 36.3 Å². The Morgan fingerprint density at radius 1 is 0.782 bits per heavy atom. The minimum atomic E-state index is -2.62. The van der Waals surface area contributed by atoms with Crippen molar-refractivity contribution in [2.75, 3.05) is 7.11 Å². The first kappa shape index (κ1) is 46.1. The summed E-state index contributed by atoms with van der Waals surface area (Å²) in [5, 5.41) is 2.25. The molecule has 0 radical (unpaired) electrons. The molecule has 0 bridgehead atoms. The van der Waals surface area contributed by atoms with Crippen LogP contribution in [0.1, 0.15) is 101 Å². The molecule has 1 saturated heterocycles. The summed E-state index contributed by atoms with van der Waals surface area (Å²) in [5.74, 6) is -0.0280. The van der Waals surface area contributed by atoms with Crippen LogP contribution in [-0.4, -0.2) is 80.5 Å². The molecule has 1 aromatic carbocycles. The zero-order chi connectivity index (χ0) is 42.1. The Balaban J connectivity index is 2.26. The van der Waals surface area contributed by atoms with Gasteiger partial charge in [0.1, 0.15) is 35.2 Å². The number of rotatable bonds is 12. The fourth-order valence-electron chi connectivity index (χ4n) is 5.48. The molecule has 13 nitrogen and oxygen atoms in total. The van der Waals surface area contributed by atoms with Crippen molar-refractivity contribution in [3.05, 3.63) is 62.9 Å². The third-order valence-electron chi connectivity index (χ3n) is 10.5. The molecule has 0 spiro atoms. The maximum absolute atomic E-state index is 14.4. The molecule has 0 unspecified atom stereocenters. The number of nitrogens with one attached hydrogen (secondary N) is 1. The maximum Gasteiger partial charge on any atom is 0.408 e. The summed E-state index contributed by atoms with van der Waals surface area (Å²) >= 11 is 0. The molecule has 3 rings (SSSR count). The molecule has 0 aliphatic carbocycles. The second-order valence-electron chi connectivity index (χ2n) is 19.5. The van der Waals surface area contributed by atoms with Crippen molar-refractivity contribution in [1.82, 2.24) is 14.5 Å². The van der Waals surface area contributed by atoms with Gasteiger partial charge in [-0.3, -0.25) is 13.9 Å². The van der Waals surface area contributed by atoms with Gasteiger partial charge in [-0.1, -0.05) is 53.7 Å². The SMILES string of the molecule is COc1ccc(Cn2c(=O)ccn([C@@H]3O[C@H](C[C@@H](NC(=O)OC(C)(C)C)C(=O)OC(C)(C)C)[C@@H](O[Si](C)(C)C(C)(C)C)[C@H]3O[Si](C)(C)C(C)(C)C)c2=O)cc1. The molecule has 15 heteroatoms. The second-order valence-corrected chi connectivity index (χ2v) is 29.0. The first-order valence-corrected chi connectivity index (χ1v) is 24.9. The Labute approximate surface area is 329 Å². The van der Waals surface area contributed by atoms with Gasteiger partial charge in [0.15, 0.2) is 22.9 Å². The summed E-state index contributed by atoms with van der Waals surface area (Å²) in [5.41, 5.74) is -2.04. The molecule has 1 aliphatic heterocycles. The van der Waals surface area contributed by atoms with Gasteiger partial charge in [-0.2, -0.15) is 0 Å². The van der Waals surface area contributed by atoms with E-state index in [2.05, 4.69) is 73.0 Å². The summed E-state index contributed by atoms with van der Waals surface area (Å²) in [6, 6.07) is 7.26. The quantitative estimate of drug-likeness (QED) is 0.171. The first-order valence-electron chi connectivity index (χ1n) is 19.0. The lowest BCUT2D eigenvalue weighted by molar-refractivity contribution is -0.159. The van der Waals surface area contributed by atoms with Gasteiger partial charge in [0.2, 0.25) is 0 Å². The van der Waals surface area contributed by atoms with Gasteiger partial charge < -0.3 is 33.1 Å². The lowest BCUT2D eigenvalue weighted by Crippen LogP contribution is -2.55. The number of ether oxygens (including phenoxy) is 4. The van der Waals surface area contributed by atoms with Gasteiger partial charge in [0.05, 0.1) is 19.8 Å². The van der Waals surface area contributed by atoms with E-state index in [-0.39, 0.29) is 23.0 Å². The first-order chi connectivity index (χ1) is 24.9. The average Bonchev–Trinajstić information content (AvgIpc) is 3.30. The normalized spacial score (nSPS) is 20.5. The molecule has 310 valence electrons. The van der Waals surface area contributed by atoms with Crippen molar-refractivity contribution in [3.8, 4) is 5.75 Å². The molecule has 1 N–H and O–H groups in total. The van der Waals surface area contributed by atoms with E-state index < -0.39 is 81.7 Å². The van der Waals surface area contributed by atoms with E-state index in [1.165, 1.54) is 16.8 Å². The Morgan fingerprint density at radius 2 is 1.29 bits per heavy atom. The number of carbonyl (C=O) groups is 2. The lowest BCUT2D eigenvalue weighted by atomic mass is 10.0. The monoisotopic (exact) mass is 805 g/mol. The number of benzene rings is 1. The highest BCUT2D eigenvalue weighted by Gasteiger charge is 2.55. The number of amides is 1. The maximum atomic E-state index is 14.4. The van der Waals surface area contributed by atoms with Gasteiger partial charge in [-0.15, -0.1) is 0 Å². The number of carbonyl (C=O) groups excluding carboxylic acids is 2. The predicted molar refractivity (Wildman–Crippen MR) is 219 cm³/mol. The van der Waals surface area contributed by atoms with Crippen LogP contribution >= 0.6 is 0 Å². The summed E-state index contributed by atoms with van der Waals surface area (Å²) in [6.45, 7) is 31.6. The number of nitrogens with zero attached hydrogens (tertiary/aromatic N) is 2. The van der Waals surface area contributed by atoms with Gasteiger partial charge in [-0.05, 0) is 95.5 Å². The van der Waals surface area contributed by atoms with Crippen molar-refractivity contribution in [2.24, 2.45) is 0 Å². The number of alkyl carbamates (subject to hydrolysis) is 1. The fraction of sp³-hybridized carbons (Fsp3) is 0.700. The van der Waals surface area contributed by atoms with Crippen LogP contribution in [0.3, 0.4) is 0 Å². The predicted octanol–water partition coefficient (Wildman–Crippen LogP) is 7.37. The molecule has 1 aromatic heterocycles. The van der Waals surface area contributed by atoms with E-state index >= 15 is 0 Å². The molecule has 2 heterocycles. The van der Waals surface area contributed by atoms with Crippen molar-refractivity contribution in [2.45, 2.75) is 174 Å². The van der Waals surface area contributed by atoms with Crippen LogP contribution in [-0.2, 0) is 34.4 Å². The topological polar surface area (TPSA) is 146 Å². The Bertz CT molecular complexity index is 1760. The van der Waals surface area contributed by atoms with Gasteiger partial charge in [0.25, 0.3) is 5.56 Å². The number of hydrogen-bond acceptors (Lipinski definition) is 10. The number of aromatic nitrogens is 2. The second kappa shape index (κ2) is 16.7. The molecular weight excluding hydrogens is 739 g/mol. The van der Waals surface area contributed by atoms with Crippen LogP contribution in [0.15, 0.2) is 46.1 Å². The van der Waals surface area contributed by atoms with Crippen molar-refractivity contribution in [1.29, 1.82) is 0 Å². The summed E-state index contributed by atoms with van der Waals surface area (Å²) < 4.78 is 40.4. The zero-order valence-corrected chi connectivity index (χ0v) is 38.2. The Morgan fingerprint density at radius 3 is 1.76 bits per heavy atom. The lowest BCUT2D eigenvalue weighted by Gasteiger charge is -2.44. The van der Waals surface area contributed by atoms with Crippen LogP contribution in [0.5, 0.6) is 5.75 Å².